The van der Waals surface area contributed by atoms with Crippen LogP contribution in [-0.4, -0.2) is 26.3 Å². The topological polar surface area (TPSA) is 21.7 Å². The van der Waals surface area contributed by atoms with Gasteiger partial charge in [0, 0.05) is 51.3 Å². The van der Waals surface area contributed by atoms with Gasteiger partial charge in [0.15, 0.2) is 5.60 Å². The van der Waals surface area contributed by atoms with Crippen molar-refractivity contribution in [1.29, 1.82) is 0 Å². The van der Waals surface area contributed by atoms with Gasteiger partial charge < -0.3 is 14.4 Å². The Morgan fingerprint density at radius 2 is 1.36 bits per heavy atom. The summed E-state index contributed by atoms with van der Waals surface area (Å²) in [4.78, 5) is 2.39. The molecule has 1 saturated heterocycles. The van der Waals surface area contributed by atoms with E-state index in [4.69, 9.17) is 21.1 Å². The molecule has 2 heterocycles. The van der Waals surface area contributed by atoms with E-state index in [2.05, 4.69) is 140 Å². The van der Waals surface area contributed by atoms with Crippen LogP contribution >= 0.6 is 11.6 Å². The van der Waals surface area contributed by atoms with Gasteiger partial charge in [-0.1, -0.05) is 123 Å². The predicted octanol–water partition coefficient (Wildman–Crippen LogP) is 11.4. The zero-order valence-corrected chi connectivity index (χ0v) is 29.3. The average molecular weight is 674 g/mol. The molecule has 0 radical (unpaired) electrons. The standard InChI is InChI=1S/C46H40ClNO2/c1-3-45(4-2)41-30-32(31-10-6-5-7-11-31)14-23-39(41)42-37-12-8-9-13-38(37)44-40(43(42)45)24-25-46(50-44,33-15-19-35(47)20-16-33)34-17-21-36(22-18-34)48-26-28-49-29-27-48/h5-25,30H,3-4,26-29H2,1-2H3. The summed E-state index contributed by atoms with van der Waals surface area (Å²) in [7, 11) is 0. The highest BCUT2D eigenvalue weighted by Crippen LogP contribution is 2.60. The van der Waals surface area contributed by atoms with E-state index in [0.717, 1.165) is 61.4 Å². The normalized spacial score (nSPS) is 18.7. The predicted molar refractivity (Wildman–Crippen MR) is 208 cm³/mol. The molecule has 2 aliphatic heterocycles. The Labute approximate surface area is 299 Å². The van der Waals surface area contributed by atoms with Gasteiger partial charge in [0.25, 0.3) is 0 Å². The molecule has 0 bridgehead atoms. The molecule has 1 aliphatic carbocycles. The summed E-state index contributed by atoms with van der Waals surface area (Å²) in [6, 6.07) is 43.8. The number of benzene rings is 6. The van der Waals surface area contributed by atoms with Crippen molar-refractivity contribution >= 4 is 34.1 Å². The average Bonchev–Trinajstić information content (AvgIpc) is 3.49. The van der Waals surface area contributed by atoms with Crippen LogP contribution in [0.2, 0.25) is 5.02 Å². The van der Waals surface area contributed by atoms with Crippen LogP contribution in [0.4, 0.5) is 5.69 Å². The van der Waals surface area contributed by atoms with Crippen LogP contribution in [0.1, 0.15) is 54.5 Å². The largest absolute Gasteiger partial charge is 0.472 e. The molecule has 4 heteroatoms. The van der Waals surface area contributed by atoms with Crippen molar-refractivity contribution in [3.63, 3.8) is 0 Å². The summed E-state index contributed by atoms with van der Waals surface area (Å²) in [5.41, 5.74) is 11.5. The highest BCUT2D eigenvalue weighted by molar-refractivity contribution is 6.30. The van der Waals surface area contributed by atoms with E-state index in [1.807, 2.05) is 12.1 Å². The maximum absolute atomic E-state index is 7.57. The van der Waals surface area contributed by atoms with E-state index >= 15 is 0 Å². The van der Waals surface area contributed by atoms with E-state index in [9.17, 15) is 0 Å². The second-order valence-electron chi connectivity index (χ2n) is 13.8. The Morgan fingerprint density at radius 3 is 2.06 bits per heavy atom. The Balaban J connectivity index is 1.26. The number of rotatable bonds is 6. The number of morpholine rings is 1. The third-order valence-corrected chi connectivity index (χ3v) is 11.7. The van der Waals surface area contributed by atoms with Crippen LogP contribution in [0, 0.1) is 0 Å². The fraction of sp³-hybridized carbons (Fsp3) is 0.217. The van der Waals surface area contributed by atoms with Crippen molar-refractivity contribution in [2.24, 2.45) is 0 Å². The van der Waals surface area contributed by atoms with Crippen molar-refractivity contribution < 1.29 is 9.47 Å². The molecular formula is C46H40ClNO2. The number of nitrogens with zero attached hydrogens (tertiary/aromatic N) is 1. The van der Waals surface area contributed by atoms with E-state index < -0.39 is 5.60 Å². The lowest BCUT2D eigenvalue weighted by atomic mass is 9.70. The van der Waals surface area contributed by atoms with Crippen LogP contribution in [0.5, 0.6) is 5.75 Å². The van der Waals surface area contributed by atoms with Crippen LogP contribution < -0.4 is 9.64 Å². The fourth-order valence-corrected chi connectivity index (χ4v) is 9.00. The molecule has 1 unspecified atom stereocenters. The molecular weight excluding hydrogens is 634 g/mol. The van der Waals surface area contributed by atoms with E-state index in [1.165, 1.54) is 50.0 Å². The van der Waals surface area contributed by atoms with Gasteiger partial charge in [-0.25, -0.2) is 0 Å². The number of ether oxygens (including phenoxy) is 2. The third-order valence-electron chi connectivity index (χ3n) is 11.5. The number of anilines is 1. The first kappa shape index (κ1) is 31.2. The monoisotopic (exact) mass is 673 g/mol. The quantitative estimate of drug-likeness (QED) is 0.176. The molecule has 248 valence electrons. The summed E-state index contributed by atoms with van der Waals surface area (Å²) >= 11 is 6.46. The first-order chi connectivity index (χ1) is 24.6. The van der Waals surface area contributed by atoms with Crippen molar-refractivity contribution in [2.45, 2.75) is 37.7 Å². The molecule has 1 fully saturated rings. The number of halogens is 1. The molecule has 9 rings (SSSR count). The van der Waals surface area contributed by atoms with Gasteiger partial charge in [0.05, 0.1) is 13.2 Å². The second-order valence-corrected chi connectivity index (χ2v) is 14.2. The molecule has 3 aliphatic rings. The fourth-order valence-electron chi connectivity index (χ4n) is 8.87. The van der Waals surface area contributed by atoms with Gasteiger partial charge in [0.1, 0.15) is 5.75 Å². The third kappa shape index (κ3) is 4.67. The Hall–Kier alpha value is -4.83. The minimum absolute atomic E-state index is 0.155. The Bertz CT molecular complexity index is 2250. The van der Waals surface area contributed by atoms with Gasteiger partial charge in [-0.3, -0.25) is 0 Å². The first-order valence-electron chi connectivity index (χ1n) is 17.9. The van der Waals surface area contributed by atoms with Gasteiger partial charge in [-0.2, -0.15) is 0 Å². The molecule has 0 N–H and O–H groups in total. The zero-order valence-electron chi connectivity index (χ0n) is 28.6. The lowest BCUT2D eigenvalue weighted by molar-refractivity contribution is 0.122. The molecule has 50 heavy (non-hydrogen) atoms. The molecule has 3 nitrogen and oxygen atoms in total. The SMILES string of the molecule is CCC1(CC)c2cc(-c3ccccc3)ccc2-c2c1c1c(c3ccccc23)OC(c2ccc(Cl)cc2)(c2ccc(N3CCOCC3)cc2)C=C1. The lowest BCUT2D eigenvalue weighted by Crippen LogP contribution is -2.37. The molecule has 0 spiro atoms. The maximum atomic E-state index is 7.57. The minimum Gasteiger partial charge on any atom is -0.472 e. The van der Waals surface area contributed by atoms with E-state index in [1.54, 1.807) is 0 Å². The number of fused-ring (bicyclic) bond motifs is 8. The van der Waals surface area contributed by atoms with Crippen molar-refractivity contribution in [1.82, 2.24) is 0 Å². The molecule has 6 aromatic rings. The number of hydrogen-bond acceptors (Lipinski definition) is 3. The summed E-state index contributed by atoms with van der Waals surface area (Å²) < 4.78 is 13.2. The van der Waals surface area contributed by atoms with Gasteiger partial charge in [-0.05, 0) is 88.0 Å². The first-order valence-corrected chi connectivity index (χ1v) is 18.3. The second kappa shape index (κ2) is 12.2. The van der Waals surface area contributed by atoms with Crippen molar-refractivity contribution in [3.8, 4) is 28.0 Å². The lowest BCUT2D eigenvalue weighted by Gasteiger charge is -2.39. The number of hydrogen-bond donors (Lipinski definition) is 0. The van der Waals surface area contributed by atoms with Crippen molar-refractivity contribution in [3.05, 3.63) is 160 Å². The smallest absolute Gasteiger partial charge is 0.178 e. The summed E-state index contributed by atoms with van der Waals surface area (Å²) in [5, 5.41) is 3.08. The summed E-state index contributed by atoms with van der Waals surface area (Å²) in [6.45, 7) is 8.00. The van der Waals surface area contributed by atoms with Gasteiger partial charge in [0.2, 0.25) is 0 Å². The van der Waals surface area contributed by atoms with Gasteiger partial charge in [-0.15, -0.1) is 0 Å². The maximum Gasteiger partial charge on any atom is 0.178 e. The van der Waals surface area contributed by atoms with Gasteiger partial charge >= 0.3 is 0 Å². The molecule has 1 atom stereocenters. The molecule has 0 aromatic heterocycles. The van der Waals surface area contributed by atoms with Crippen LogP contribution in [-0.2, 0) is 15.8 Å². The van der Waals surface area contributed by atoms with Crippen LogP contribution in [0.3, 0.4) is 0 Å². The highest BCUT2D eigenvalue weighted by atomic mass is 35.5. The molecule has 0 saturated carbocycles. The summed E-state index contributed by atoms with van der Waals surface area (Å²) in [6.07, 6.45) is 6.63. The molecule has 0 amide bonds. The summed E-state index contributed by atoms with van der Waals surface area (Å²) in [5.74, 6) is 0.941. The van der Waals surface area contributed by atoms with Crippen molar-refractivity contribution in [2.75, 3.05) is 31.2 Å². The van der Waals surface area contributed by atoms with Crippen LogP contribution in [0.25, 0.3) is 39.1 Å². The zero-order chi connectivity index (χ0) is 33.9. The molecule has 6 aromatic carbocycles. The van der Waals surface area contributed by atoms with E-state index in [-0.39, 0.29) is 5.41 Å². The van der Waals surface area contributed by atoms with Crippen LogP contribution in [0.15, 0.2) is 127 Å². The Morgan fingerprint density at radius 1 is 0.700 bits per heavy atom. The van der Waals surface area contributed by atoms with E-state index in [0.29, 0.717) is 5.02 Å². The Kier molecular flexibility index (Phi) is 7.60. The minimum atomic E-state index is -0.842. The highest BCUT2D eigenvalue weighted by Gasteiger charge is 2.47.